The molecule has 1 amide bonds. The van der Waals surface area contributed by atoms with Crippen LogP contribution in [0.2, 0.25) is 0 Å². The molecule has 2 aromatic heterocycles. The zero-order valence-corrected chi connectivity index (χ0v) is 26.6. The Bertz CT molecular complexity index is 1860. The second kappa shape index (κ2) is 13.5. The van der Waals surface area contributed by atoms with Crippen LogP contribution in [0.25, 0.3) is 33.0 Å². The Morgan fingerprint density at radius 1 is 0.844 bits per heavy atom. The zero-order chi connectivity index (χ0) is 31.3. The molecule has 1 aliphatic carbocycles. The minimum Gasteiger partial charge on any atom is -0.497 e. The predicted molar refractivity (Wildman–Crippen MR) is 176 cm³/mol. The first-order chi connectivity index (χ1) is 22.0. The summed E-state index contributed by atoms with van der Waals surface area (Å²) in [6, 6.07) is 23.3. The minimum absolute atomic E-state index is 0.186. The van der Waals surface area contributed by atoms with Crippen LogP contribution in [0, 0.1) is 0 Å². The number of benzene rings is 3. The molecule has 2 heterocycles. The Labute approximate surface area is 269 Å². The van der Waals surface area contributed by atoms with Crippen LogP contribution in [-0.2, 0) is 22.4 Å². The van der Waals surface area contributed by atoms with E-state index in [0.717, 1.165) is 45.1 Å². The summed E-state index contributed by atoms with van der Waals surface area (Å²) in [5.74, 6) is 1.23. The summed E-state index contributed by atoms with van der Waals surface area (Å²) < 4.78 is 15.7. The molecule has 45 heavy (non-hydrogen) atoms. The third-order valence-corrected chi connectivity index (χ3v) is 9.53. The van der Waals surface area contributed by atoms with E-state index in [-0.39, 0.29) is 12.3 Å². The Kier molecular flexibility index (Phi) is 9.08. The van der Waals surface area contributed by atoms with Gasteiger partial charge in [0.05, 0.1) is 26.9 Å². The molecule has 11 heteroatoms. The van der Waals surface area contributed by atoms with Crippen molar-refractivity contribution >= 4 is 40.0 Å². The van der Waals surface area contributed by atoms with Gasteiger partial charge >= 0.3 is 5.97 Å². The van der Waals surface area contributed by atoms with Gasteiger partial charge in [0.1, 0.15) is 27.9 Å². The van der Waals surface area contributed by atoms with E-state index in [1.165, 1.54) is 35.8 Å². The highest BCUT2D eigenvalue weighted by atomic mass is 32.2. The van der Waals surface area contributed by atoms with Gasteiger partial charge in [-0.15, -0.1) is 21.5 Å². The van der Waals surface area contributed by atoms with Crippen molar-refractivity contribution in [3.8, 4) is 44.5 Å². The van der Waals surface area contributed by atoms with Gasteiger partial charge in [0.2, 0.25) is 11.1 Å². The van der Waals surface area contributed by atoms with Gasteiger partial charge in [0, 0.05) is 28.2 Å². The molecular formula is C34H30N4O5S2. The van der Waals surface area contributed by atoms with Crippen LogP contribution in [-0.4, -0.2) is 54.1 Å². The number of fused-ring (bicyclic) bond motifs is 3. The number of aromatic nitrogens is 3. The second-order valence-corrected chi connectivity index (χ2v) is 12.2. The van der Waals surface area contributed by atoms with Crippen LogP contribution in [0.15, 0.2) is 78.0 Å². The number of thiophene rings is 1. The number of carbonyl (C=O) groups is 2. The Hall–Kier alpha value is -4.74. The highest BCUT2D eigenvalue weighted by Crippen LogP contribution is 2.45. The van der Waals surface area contributed by atoms with Crippen molar-refractivity contribution in [3.63, 3.8) is 0 Å². The molecule has 0 atom stereocenters. The molecule has 1 N–H and O–H groups in total. The maximum Gasteiger partial charge on any atom is 0.341 e. The second-order valence-electron chi connectivity index (χ2n) is 10.2. The van der Waals surface area contributed by atoms with E-state index >= 15 is 0 Å². The topological polar surface area (TPSA) is 113 Å². The molecule has 0 saturated heterocycles. The van der Waals surface area contributed by atoms with E-state index < -0.39 is 5.97 Å². The summed E-state index contributed by atoms with van der Waals surface area (Å²) in [6.07, 6.45) is 1.73. The van der Waals surface area contributed by atoms with Crippen LogP contribution in [0.4, 0.5) is 5.00 Å². The van der Waals surface area contributed by atoms with E-state index in [4.69, 9.17) is 19.2 Å². The number of carbonyl (C=O) groups excluding carboxylic acids is 2. The van der Waals surface area contributed by atoms with Crippen molar-refractivity contribution < 1.29 is 23.8 Å². The van der Waals surface area contributed by atoms with Gasteiger partial charge in [-0.3, -0.25) is 4.79 Å². The Morgan fingerprint density at radius 3 is 2.18 bits per heavy atom. The van der Waals surface area contributed by atoms with E-state index in [2.05, 4.69) is 27.6 Å². The molecule has 9 nitrogen and oxygen atoms in total. The average molecular weight is 639 g/mol. The summed E-state index contributed by atoms with van der Waals surface area (Å²) in [5, 5.41) is 12.8. The Morgan fingerprint density at radius 2 is 1.51 bits per heavy atom. The summed E-state index contributed by atoms with van der Waals surface area (Å²) in [5.41, 5.74) is 6.70. The fourth-order valence-corrected chi connectivity index (χ4v) is 7.28. The van der Waals surface area contributed by atoms with E-state index in [1.807, 2.05) is 60.7 Å². The first kappa shape index (κ1) is 30.3. The van der Waals surface area contributed by atoms with E-state index in [0.29, 0.717) is 39.3 Å². The normalized spacial score (nSPS) is 11.7. The lowest BCUT2D eigenvalue weighted by Gasteiger charge is -2.16. The maximum atomic E-state index is 13.1. The molecule has 0 saturated carbocycles. The van der Waals surface area contributed by atoms with Crippen LogP contribution in [0.3, 0.4) is 0 Å². The van der Waals surface area contributed by atoms with Crippen molar-refractivity contribution in [2.75, 3.05) is 32.4 Å². The molecule has 0 spiro atoms. The fraction of sp³-hybridized carbons (Fsp3) is 0.206. The van der Waals surface area contributed by atoms with Gasteiger partial charge in [-0.2, -0.15) is 0 Å². The number of ether oxygens (including phenoxy) is 3. The SMILES string of the molecule is COC(=O)c1c(NC(=O)CCSc2nnc(-c3ccc(OC)cc3)c(-c3ccc(OC)cc3)n2)sc2c1CCc1ccccc1-2. The van der Waals surface area contributed by atoms with Gasteiger partial charge in [-0.05, 0) is 78.1 Å². The van der Waals surface area contributed by atoms with Gasteiger partial charge in [-0.25, -0.2) is 9.78 Å². The lowest BCUT2D eigenvalue weighted by molar-refractivity contribution is -0.115. The van der Waals surface area contributed by atoms with Crippen molar-refractivity contribution in [2.24, 2.45) is 0 Å². The molecule has 0 radical (unpaired) electrons. The number of hydrogen-bond acceptors (Lipinski definition) is 10. The van der Waals surface area contributed by atoms with Gasteiger partial charge in [0.25, 0.3) is 0 Å². The van der Waals surface area contributed by atoms with Gasteiger partial charge in [0.15, 0.2) is 0 Å². The molecule has 0 unspecified atom stereocenters. The molecule has 6 rings (SSSR count). The highest BCUT2D eigenvalue weighted by Gasteiger charge is 2.29. The number of aryl methyl sites for hydroxylation is 1. The summed E-state index contributed by atoms with van der Waals surface area (Å²) in [7, 11) is 4.60. The quantitative estimate of drug-likeness (QED) is 0.128. The first-order valence-corrected chi connectivity index (χ1v) is 16.1. The van der Waals surface area contributed by atoms with Crippen LogP contribution in [0.1, 0.15) is 27.9 Å². The zero-order valence-electron chi connectivity index (χ0n) is 25.0. The fourth-order valence-electron chi connectivity index (χ4n) is 5.24. The number of anilines is 1. The summed E-state index contributed by atoms with van der Waals surface area (Å²) in [4.78, 5) is 31.8. The van der Waals surface area contributed by atoms with Crippen LogP contribution >= 0.6 is 23.1 Å². The number of amides is 1. The number of hydrogen-bond donors (Lipinski definition) is 1. The Balaban J connectivity index is 1.19. The first-order valence-electron chi connectivity index (χ1n) is 14.3. The maximum absolute atomic E-state index is 13.1. The number of rotatable bonds is 10. The number of esters is 1. The summed E-state index contributed by atoms with van der Waals surface area (Å²) in [6.45, 7) is 0. The van der Waals surface area contributed by atoms with E-state index in [1.54, 1.807) is 14.2 Å². The molecule has 0 aliphatic heterocycles. The molecule has 0 bridgehead atoms. The third-order valence-electron chi connectivity index (χ3n) is 7.51. The molecular weight excluding hydrogens is 609 g/mol. The molecule has 228 valence electrons. The van der Waals surface area contributed by atoms with Crippen LogP contribution < -0.4 is 14.8 Å². The number of thioether (sulfide) groups is 1. The standard InChI is InChI=1S/C34H30N4O5S2/c1-41-23-13-8-21(9-14-23)29-30(22-10-15-24(42-2)16-11-22)37-38-34(36-29)44-19-18-27(39)35-32-28(33(40)43-3)26-17-12-20-6-4-5-7-25(20)31(26)45-32/h4-11,13-16H,12,17-19H2,1-3H3,(H,35,39). The number of nitrogens with one attached hydrogen (secondary N) is 1. The molecule has 3 aromatic carbocycles. The van der Waals surface area contributed by atoms with Crippen LogP contribution in [0.5, 0.6) is 11.5 Å². The van der Waals surface area contributed by atoms with Crippen molar-refractivity contribution in [1.82, 2.24) is 15.2 Å². The molecule has 5 aromatic rings. The highest BCUT2D eigenvalue weighted by molar-refractivity contribution is 7.99. The van der Waals surface area contributed by atoms with Crippen molar-refractivity contribution in [2.45, 2.75) is 24.4 Å². The number of methoxy groups -OCH3 is 3. The lowest BCUT2D eigenvalue weighted by Crippen LogP contribution is -2.15. The average Bonchev–Trinajstić information content (AvgIpc) is 3.46. The third kappa shape index (κ3) is 6.40. The summed E-state index contributed by atoms with van der Waals surface area (Å²) >= 11 is 2.76. The van der Waals surface area contributed by atoms with Crippen molar-refractivity contribution in [3.05, 3.63) is 89.5 Å². The molecule has 1 aliphatic rings. The monoisotopic (exact) mass is 638 g/mol. The predicted octanol–water partition coefficient (Wildman–Crippen LogP) is 6.96. The lowest BCUT2D eigenvalue weighted by atomic mass is 9.89. The largest absolute Gasteiger partial charge is 0.497 e. The van der Waals surface area contributed by atoms with Gasteiger partial charge < -0.3 is 19.5 Å². The number of nitrogens with zero attached hydrogens (tertiary/aromatic N) is 3. The van der Waals surface area contributed by atoms with Crippen molar-refractivity contribution in [1.29, 1.82) is 0 Å². The van der Waals surface area contributed by atoms with Gasteiger partial charge in [-0.1, -0.05) is 36.0 Å². The minimum atomic E-state index is -0.445. The smallest absolute Gasteiger partial charge is 0.341 e. The molecule has 0 fully saturated rings. The van der Waals surface area contributed by atoms with E-state index in [9.17, 15) is 9.59 Å².